The maximum Gasteiger partial charge on any atom is 0.164 e. The molecule has 124 valence electrons. The van der Waals surface area contributed by atoms with Crippen LogP contribution in [0.15, 0.2) is 24.5 Å². The molecule has 3 N–H and O–H groups in total. The van der Waals surface area contributed by atoms with Crippen LogP contribution in [0.2, 0.25) is 0 Å². The molecule has 4 aromatic heterocycles. The lowest BCUT2D eigenvalue weighted by Crippen LogP contribution is -2.23. The van der Waals surface area contributed by atoms with Gasteiger partial charge in [0.2, 0.25) is 0 Å². The first kappa shape index (κ1) is 15.1. The lowest BCUT2D eigenvalue weighted by atomic mass is 10.1. The number of hydrogen-bond acceptors (Lipinski definition) is 6. The number of H-pyrrole nitrogens is 1. The summed E-state index contributed by atoms with van der Waals surface area (Å²) in [6, 6.07) is 7.51. The van der Waals surface area contributed by atoms with Crippen LogP contribution in [0.4, 0.5) is 5.82 Å². The number of fused-ring (bicyclic) bond motifs is 2. The lowest BCUT2D eigenvalue weighted by molar-refractivity contribution is 0.366. The number of hydrogen-bond donors (Lipinski definition) is 2. The van der Waals surface area contributed by atoms with E-state index >= 15 is 0 Å². The van der Waals surface area contributed by atoms with E-state index in [9.17, 15) is 0 Å². The number of nitrogens with two attached hydrogens (primary N) is 1. The fraction of sp³-hybridized carbons (Fsp3) is 0.235. The summed E-state index contributed by atoms with van der Waals surface area (Å²) in [5.41, 5.74) is 8.93. The lowest BCUT2D eigenvalue weighted by Gasteiger charge is -2.19. The molecular weight excluding hydrogens is 316 g/mol. The van der Waals surface area contributed by atoms with Crippen molar-refractivity contribution in [1.29, 1.82) is 5.26 Å². The first-order valence-electron chi connectivity index (χ1n) is 7.78. The van der Waals surface area contributed by atoms with Gasteiger partial charge in [-0.05, 0) is 39.0 Å². The monoisotopic (exact) mass is 332 g/mol. The zero-order valence-electron chi connectivity index (χ0n) is 14.1. The van der Waals surface area contributed by atoms with Gasteiger partial charge in [0.25, 0.3) is 0 Å². The molecule has 25 heavy (non-hydrogen) atoms. The van der Waals surface area contributed by atoms with E-state index in [1.807, 2.05) is 43.7 Å². The summed E-state index contributed by atoms with van der Waals surface area (Å²) in [4.78, 5) is 16.0. The SMILES string of the molecule is CC(C)(C)n1nc(-c2cc3ccc(C#N)nc3[nH]2)c2c(N)ncnc21. The highest BCUT2D eigenvalue weighted by Crippen LogP contribution is 2.33. The Labute approximate surface area is 143 Å². The number of nitriles is 1. The highest BCUT2D eigenvalue weighted by atomic mass is 15.3. The van der Waals surface area contributed by atoms with Crippen molar-refractivity contribution in [3.8, 4) is 17.5 Å². The summed E-state index contributed by atoms with van der Waals surface area (Å²) in [6.45, 7) is 6.15. The number of pyridine rings is 1. The first-order valence-corrected chi connectivity index (χ1v) is 7.78. The van der Waals surface area contributed by atoms with Crippen molar-refractivity contribution in [2.24, 2.45) is 0 Å². The van der Waals surface area contributed by atoms with Crippen molar-refractivity contribution < 1.29 is 0 Å². The first-order chi connectivity index (χ1) is 11.9. The molecule has 0 aliphatic carbocycles. The third-order valence-corrected chi connectivity index (χ3v) is 3.98. The largest absolute Gasteiger partial charge is 0.383 e. The van der Waals surface area contributed by atoms with Gasteiger partial charge in [-0.1, -0.05) is 0 Å². The van der Waals surface area contributed by atoms with Crippen molar-refractivity contribution in [3.63, 3.8) is 0 Å². The zero-order valence-corrected chi connectivity index (χ0v) is 14.1. The summed E-state index contributed by atoms with van der Waals surface area (Å²) >= 11 is 0. The van der Waals surface area contributed by atoms with Crippen LogP contribution in [0.1, 0.15) is 26.5 Å². The van der Waals surface area contributed by atoms with Gasteiger partial charge < -0.3 is 10.7 Å². The minimum atomic E-state index is -0.268. The van der Waals surface area contributed by atoms with E-state index in [2.05, 4.69) is 19.9 Å². The van der Waals surface area contributed by atoms with Crippen LogP contribution < -0.4 is 5.73 Å². The zero-order chi connectivity index (χ0) is 17.8. The highest BCUT2D eigenvalue weighted by Gasteiger charge is 2.24. The molecule has 0 unspecified atom stereocenters. The van der Waals surface area contributed by atoms with Gasteiger partial charge in [-0.15, -0.1) is 0 Å². The van der Waals surface area contributed by atoms with Gasteiger partial charge in [0, 0.05) is 5.39 Å². The quantitative estimate of drug-likeness (QED) is 0.552. The fourth-order valence-electron chi connectivity index (χ4n) is 2.83. The average Bonchev–Trinajstić information content (AvgIpc) is 3.15. The van der Waals surface area contributed by atoms with Gasteiger partial charge in [0.1, 0.15) is 35.2 Å². The number of aromatic amines is 1. The van der Waals surface area contributed by atoms with Crippen molar-refractivity contribution in [2.75, 3.05) is 5.73 Å². The molecule has 8 nitrogen and oxygen atoms in total. The van der Waals surface area contributed by atoms with Crippen LogP contribution in [-0.4, -0.2) is 29.7 Å². The maximum absolute atomic E-state index is 9.02. The van der Waals surface area contributed by atoms with E-state index in [1.165, 1.54) is 6.33 Å². The standard InChI is InChI=1S/C17H16N8/c1-17(2,3)25-16-12(14(19)20-8-21-16)13(24-25)11-6-9-4-5-10(7-18)22-15(9)23-11/h4-6,8H,1-3H3,(H,22,23)(H2,19,20,21). The summed E-state index contributed by atoms with van der Waals surface area (Å²) in [7, 11) is 0. The normalized spacial score (nSPS) is 11.9. The molecule has 0 aromatic carbocycles. The molecule has 0 atom stereocenters. The molecule has 4 heterocycles. The topological polar surface area (TPSA) is 122 Å². The Balaban J connectivity index is 2.03. The Hall–Kier alpha value is -3.47. The van der Waals surface area contributed by atoms with Gasteiger partial charge in [0.15, 0.2) is 5.65 Å². The number of anilines is 1. The van der Waals surface area contributed by atoms with Crippen molar-refractivity contribution in [1.82, 2.24) is 29.7 Å². The van der Waals surface area contributed by atoms with Gasteiger partial charge in [0.05, 0.1) is 16.6 Å². The Bertz CT molecular complexity index is 1150. The van der Waals surface area contributed by atoms with Crippen LogP contribution in [0.25, 0.3) is 33.5 Å². The molecule has 8 heteroatoms. The van der Waals surface area contributed by atoms with E-state index in [1.54, 1.807) is 6.07 Å². The van der Waals surface area contributed by atoms with Crippen LogP contribution in [-0.2, 0) is 5.54 Å². The third-order valence-electron chi connectivity index (χ3n) is 3.98. The van der Waals surface area contributed by atoms with Gasteiger partial charge in [-0.2, -0.15) is 10.4 Å². The Morgan fingerprint density at radius 1 is 1.24 bits per heavy atom. The second kappa shape index (κ2) is 5.01. The molecule has 4 aromatic rings. The van der Waals surface area contributed by atoms with Crippen molar-refractivity contribution >= 4 is 27.9 Å². The minimum absolute atomic E-state index is 0.268. The number of rotatable bonds is 1. The average molecular weight is 332 g/mol. The Morgan fingerprint density at radius 3 is 2.76 bits per heavy atom. The second-order valence-electron chi connectivity index (χ2n) is 6.82. The predicted octanol–water partition coefficient (Wildman–Crippen LogP) is 2.58. The number of nitrogens with one attached hydrogen (secondary N) is 1. The van der Waals surface area contributed by atoms with E-state index < -0.39 is 0 Å². The molecule has 0 bridgehead atoms. The van der Waals surface area contributed by atoms with Crippen LogP contribution >= 0.6 is 0 Å². The summed E-state index contributed by atoms with van der Waals surface area (Å²) in [6.07, 6.45) is 1.44. The van der Waals surface area contributed by atoms with E-state index in [4.69, 9.17) is 16.1 Å². The molecule has 0 saturated carbocycles. The van der Waals surface area contributed by atoms with E-state index in [0.717, 1.165) is 11.1 Å². The molecule has 0 aliphatic heterocycles. The smallest absolute Gasteiger partial charge is 0.164 e. The Morgan fingerprint density at radius 2 is 2.04 bits per heavy atom. The van der Waals surface area contributed by atoms with Crippen molar-refractivity contribution in [2.45, 2.75) is 26.3 Å². The number of nitrogens with zero attached hydrogens (tertiary/aromatic N) is 6. The molecule has 4 rings (SSSR count). The molecule has 0 spiro atoms. The molecule has 0 radical (unpaired) electrons. The minimum Gasteiger partial charge on any atom is -0.383 e. The van der Waals surface area contributed by atoms with Crippen LogP contribution in [0.3, 0.4) is 0 Å². The summed E-state index contributed by atoms with van der Waals surface area (Å²) in [5, 5.41) is 15.3. The van der Waals surface area contributed by atoms with Gasteiger partial charge in [-0.3, -0.25) is 0 Å². The van der Waals surface area contributed by atoms with Crippen molar-refractivity contribution in [3.05, 3.63) is 30.2 Å². The predicted molar refractivity (Wildman–Crippen MR) is 94.5 cm³/mol. The molecular formula is C17H16N8. The number of nitrogen functional groups attached to an aromatic ring is 1. The Kier molecular flexibility index (Phi) is 3.02. The summed E-state index contributed by atoms with van der Waals surface area (Å²) in [5.74, 6) is 0.375. The van der Waals surface area contributed by atoms with E-state index in [0.29, 0.717) is 33.9 Å². The van der Waals surface area contributed by atoms with E-state index in [-0.39, 0.29) is 5.54 Å². The number of aromatic nitrogens is 6. The molecule has 0 aliphatic rings. The summed E-state index contributed by atoms with van der Waals surface area (Å²) < 4.78 is 1.84. The highest BCUT2D eigenvalue weighted by molar-refractivity contribution is 5.99. The molecule has 0 amide bonds. The third kappa shape index (κ3) is 2.29. The van der Waals surface area contributed by atoms with Crippen LogP contribution in [0, 0.1) is 11.3 Å². The molecule has 0 saturated heterocycles. The maximum atomic E-state index is 9.02. The second-order valence-corrected chi connectivity index (χ2v) is 6.82. The molecule has 0 fully saturated rings. The van der Waals surface area contributed by atoms with Gasteiger partial charge >= 0.3 is 0 Å². The van der Waals surface area contributed by atoms with Gasteiger partial charge in [-0.25, -0.2) is 19.6 Å². The van der Waals surface area contributed by atoms with Crippen LogP contribution in [0.5, 0.6) is 0 Å². The fourth-order valence-corrected chi connectivity index (χ4v) is 2.83.